The Bertz CT molecular complexity index is 452. The standard InChI is InChI=1S/C15H21NO/c1-11(2)15-14(3,4)12-7-5-6-8-13(12)16(15)9-10-17-15/h5-8,11H,9-10H2,1-4H3. The van der Waals surface area contributed by atoms with E-state index in [1.54, 1.807) is 0 Å². The van der Waals surface area contributed by atoms with Gasteiger partial charge in [-0.25, -0.2) is 0 Å². The van der Waals surface area contributed by atoms with Crippen molar-refractivity contribution >= 4 is 5.69 Å². The number of hydrogen-bond donors (Lipinski definition) is 0. The molecule has 1 unspecified atom stereocenters. The molecule has 0 aliphatic carbocycles. The molecule has 2 heteroatoms. The Morgan fingerprint density at radius 2 is 1.94 bits per heavy atom. The topological polar surface area (TPSA) is 12.5 Å². The van der Waals surface area contributed by atoms with Gasteiger partial charge in [0, 0.05) is 23.6 Å². The molecule has 0 spiro atoms. The summed E-state index contributed by atoms with van der Waals surface area (Å²) in [4.78, 5) is 2.48. The van der Waals surface area contributed by atoms with Crippen molar-refractivity contribution in [3.05, 3.63) is 29.8 Å². The van der Waals surface area contributed by atoms with E-state index in [4.69, 9.17) is 4.74 Å². The first-order valence-corrected chi connectivity index (χ1v) is 6.53. The van der Waals surface area contributed by atoms with Crippen molar-refractivity contribution in [1.82, 2.24) is 0 Å². The first kappa shape index (κ1) is 11.1. The van der Waals surface area contributed by atoms with Crippen LogP contribution in [0.2, 0.25) is 0 Å². The lowest BCUT2D eigenvalue weighted by molar-refractivity contribution is -0.0749. The smallest absolute Gasteiger partial charge is 0.152 e. The molecule has 0 aromatic heterocycles. The first-order chi connectivity index (χ1) is 8.02. The molecule has 0 amide bonds. The molecule has 1 aromatic carbocycles. The summed E-state index contributed by atoms with van der Waals surface area (Å²) in [6, 6.07) is 8.75. The fraction of sp³-hybridized carbons (Fsp3) is 0.600. The maximum Gasteiger partial charge on any atom is 0.152 e. The van der Waals surface area contributed by atoms with Crippen LogP contribution in [0.1, 0.15) is 33.3 Å². The quantitative estimate of drug-likeness (QED) is 0.736. The molecule has 0 N–H and O–H groups in total. The third kappa shape index (κ3) is 1.10. The minimum Gasteiger partial charge on any atom is -0.353 e. The van der Waals surface area contributed by atoms with Gasteiger partial charge in [-0.3, -0.25) is 0 Å². The van der Waals surface area contributed by atoms with Crippen LogP contribution in [0.5, 0.6) is 0 Å². The van der Waals surface area contributed by atoms with Crippen molar-refractivity contribution in [2.45, 2.75) is 38.8 Å². The minimum atomic E-state index is -0.156. The van der Waals surface area contributed by atoms with E-state index in [1.165, 1.54) is 11.3 Å². The van der Waals surface area contributed by atoms with Gasteiger partial charge in [0.05, 0.1) is 6.61 Å². The number of ether oxygens (including phenoxy) is 1. The van der Waals surface area contributed by atoms with Crippen LogP contribution in [0.15, 0.2) is 24.3 Å². The molecule has 1 atom stereocenters. The highest BCUT2D eigenvalue weighted by Gasteiger charge is 2.61. The van der Waals surface area contributed by atoms with Crippen molar-refractivity contribution in [3.8, 4) is 0 Å². The number of fused-ring (bicyclic) bond motifs is 3. The molecule has 2 heterocycles. The Hall–Kier alpha value is -1.02. The average Bonchev–Trinajstić information content (AvgIpc) is 2.80. The van der Waals surface area contributed by atoms with Crippen molar-refractivity contribution in [2.24, 2.45) is 5.92 Å². The lowest BCUT2D eigenvalue weighted by Crippen LogP contribution is -2.57. The number of rotatable bonds is 1. The Balaban J connectivity index is 2.25. The van der Waals surface area contributed by atoms with Gasteiger partial charge in [0.15, 0.2) is 5.72 Å². The zero-order valence-corrected chi connectivity index (χ0v) is 11.2. The molecule has 2 aliphatic rings. The average molecular weight is 231 g/mol. The zero-order valence-electron chi connectivity index (χ0n) is 11.2. The van der Waals surface area contributed by atoms with Crippen LogP contribution in [0.4, 0.5) is 5.69 Å². The predicted octanol–water partition coefficient (Wildman–Crippen LogP) is 3.17. The minimum absolute atomic E-state index is 0.0499. The molecule has 17 heavy (non-hydrogen) atoms. The maximum atomic E-state index is 6.25. The summed E-state index contributed by atoms with van der Waals surface area (Å²) in [7, 11) is 0. The number of anilines is 1. The Morgan fingerprint density at radius 3 is 2.65 bits per heavy atom. The van der Waals surface area contributed by atoms with E-state index >= 15 is 0 Å². The fourth-order valence-electron chi connectivity index (χ4n) is 3.98. The Labute approximate surface area is 104 Å². The number of benzene rings is 1. The molecule has 2 aliphatic heterocycles. The maximum absolute atomic E-state index is 6.25. The molecular formula is C15H21NO. The molecule has 0 bridgehead atoms. The molecule has 2 nitrogen and oxygen atoms in total. The van der Waals surface area contributed by atoms with Crippen LogP contribution in [0, 0.1) is 5.92 Å². The Morgan fingerprint density at radius 1 is 1.24 bits per heavy atom. The van der Waals surface area contributed by atoms with E-state index in [0.29, 0.717) is 5.92 Å². The third-order valence-electron chi connectivity index (χ3n) is 4.58. The van der Waals surface area contributed by atoms with Crippen molar-refractivity contribution in [2.75, 3.05) is 18.1 Å². The van der Waals surface area contributed by atoms with Crippen LogP contribution in [0.25, 0.3) is 0 Å². The number of para-hydroxylation sites is 1. The van der Waals surface area contributed by atoms with Gasteiger partial charge in [-0.15, -0.1) is 0 Å². The fourth-order valence-corrected chi connectivity index (χ4v) is 3.98. The van der Waals surface area contributed by atoms with E-state index in [9.17, 15) is 0 Å². The lowest BCUT2D eigenvalue weighted by atomic mass is 9.73. The predicted molar refractivity (Wildman–Crippen MR) is 70.3 cm³/mol. The molecule has 1 fully saturated rings. The van der Waals surface area contributed by atoms with Crippen molar-refractivity contribution in [1.29, 1.82) is 0 Å². The van der Waals surface area contributed by atoms with E-state index in [1.807, 2.05) is 0 Å². The highest BCUT2D eigenvalue weighted by atomic mass is 16.5. The van der Waals surface area contributed by atoms with Crippen molar-refractivity contribution in [3.63, 3.8) is 0 Å². The summed E-state index contributed by atoms with van der Waals surface area (Å²) in [6.07, 6.45) is 0. The van der Waals surface area contributed by atoms with Crippen LogP contribution < -0.4 is 4.90 Å². The molecule has 92 valence electrons. The van der Waals surface area contributed by atoms with E-state index in [2.05, 4.69) is 56.9 Å². The summed E-state index contributed by atoms with van der Waals surface area (Å²) >= 11 is 0. The molecular weight excluding hydrogens is 210 g/mol. The third-order valence-corrected chi connectivity index (χ3v) is 4.58. The molecule has 0 radical (unpaired) electrons. The summed E-state index contributed by atoms with van der Waals surface area (Å²) in [5, 5.41) is 0. The molecule has 0 saturated carbocycles. The highest BCUT2D eigenvalue weighted by molar-refractivity contribution is 5.66. The van der Waals surface area contributed by atoms with E-state index in [0.717, 1.165) is 13.2 Å². The van der Waals surface area contributed by atoms with Gasteiger partial charge in [0.2, 0.25) is 0 Å². The van der Waals surface area contributed by atoms with Crippen LogP contribution in [-0.2, 0) is 10.2 Å². The summed E-state index contributed by atoms with van der Waals surface area (Å²) < 4.78 is 6.25. The van der Waals surface area contributed by atoms with Crippen LogP contribution >= 0.6 is 0 Å². The van der Waals surface area contributed by atoms with Gasteiger partial charge in [-0.2, -0.15) is 0 Å². The first-order valence-electron chi connectivity index (χ1n) is 6.53. The second-order valence-electron chi connectivity index (χ2n) is 5.99. The zero-order chi connectivity index (χ0) is 12.3. The second kappa shape index (κ2) is 3.26. The summed E-state index contributed by atoms with van der Waals surface area (Å²) in [5.41, 5.74) is 2.68. The number of nitrogens with zero attached hydrogens (tertiary/aromatic N) is 1. The van der Waals surface area contributed by atoms with E-state index in [-0.39, 0.29) is 11.1 Å². The largest absolute Gasteiger partial charge is 0.353 e. The summed E-state index contributed by atoms with van der Waals surface area (Å²) in [6.45, 7) is 11.0. The van der Waals surface area contributed by atoms with E-state index < -0.39 is 0 Å². The monoisotopic (exact) mass is 231 g/mol. The highest BCUT2D eigenvalue weighted by Crippen LogP contribution is 2.56. The summed E-state index contributed by atoms with van der Waals surface area (Å²) in [5.74, 6) is 0.479. The van der Waals surface area contributed by atoms with Crippen molar-refractivity contribution < 1.29 is 4.74 Å². The van der Waals surface area contributed by atoms with Crippen LogP contribution in [0.3, 0.4) is 0 Å². The van der Waals surface area contributed by atoms with Gasteiger partial charge in [-0.1, -0.05) is 45.9 Å². The SMILES string of the molecule is CC(C)C12OCCN1c1ccccc1C2(C)C. The Kier molecular flexibility index (Phi) is 2.13. The van der Waals surface area contributed by atoms with Gasteiger partial charge in [-0.05, 0) is 11.6 Å². The molecule has 1 saturated heterocycles. The van der Waals surface area contributed by atoms with Gasteiger partial charge < -0.3 is 9.64 Å². The lowest BCUT2D eigenvalue weighted by Gasteiger charge is -2.45. The second-order valence-corrected chi connectivity index (χ2v) is 5.99. The van der Waals surface area contributed by atoms with Gasteiger partial charge in [0.25, 0.3) is 0 Å². The molecule has 1 aromatic rings. The van der Waals surface area contributed by atoms with Gasteiger partial charge >= 0.3 is 0 Å². The normalized spacial score (nSPS) is 29.6. The molecule has 3 rings (SSSR count). The number of hydrogen-bond acceptors (Lipinski definition) is 2. The van der Waals surface area contributed by atoms with Gasteiger partial charge in [0.1, 0.15) is 0 Å². The van der Waals surface area contributed by atoms with Crippen LogP contribution in [-0.4, -0.2) is 18.9 Å².